The molecule has 11 heteroatoms. The van der Waals surface area contributed by atoms with Crippen molar-refractivity contribution in [2.24, 2.45) is 5.73 Å². The van der Waals surface area contributed by atoms with Crippen molar-refractivity contribution in [2.45, 2.75) is 17.4 Å². The number of aliphatic carboxylic acids is 1. The van der Waals surface area contributed by atoms with Crippen molar-refractivity contribution in [1.82, 2.24) is 0 Å². The molecule has 3 N–H and O–H groups in total. The van der Waals surface area contributed by atoms with E-state index in [-0.39, 0.29) is 10.6 Å². The molecule has 1 unspecified atom stereocenters. The molecule has 1 atom stereocenters. The number of carbonyl (C=O) groups is 2. The molecule has 0 radical (unpaired) electrons. The van der Waals surface area contributed by atoms with E-state index in [1.165, 1.54) is 38.5 Å². The van der Waals surface area contributed by atoms with E-state index in [1.807, 2.05) is 0 Å². The van der Waals surface area contributed by atoms with Gasteiger partial charge >= 0.3 is 5.97 Å². The van der Waals surface area contributed by atoms with Crippen LogP contribution in [0.15, 0.2) is 71.6 Å². The molecule has 0 saturated heterocycles. The van der Waals surface area contributed by atoms with E-state index in [4.69, 9.17) is 15.2 Å². The lowest BCUT2D eigenvalue weighted by molar-refractivity contribution is -0.135. The predicted octanol–water partition coefficient (Wildman–Crippen LogP) is 2.57. The van der Waals surface area contributed by atoms with Gasteiger partial charge in [-0.1, -0.05) is 18.2 Å². The fraction of sp³-hybridized carbons (Fsp3) is 0.231. The molecule has 37 heavy (non-hydrogen) atoms. The van der Waals surface area contributed by atoms with E-state index >= 15 is 0 Å². The molecule has 0 fully saturated rings. The van der Waals surface area contributed by atoms with Crippen LogP contribution in [0.5, 0.6) is 11.5 Å². The number of carboxylic acids is 1. The lowest BCUT2D eigenvalue weighted by atomic mass is 10.0. The number of anilines is 2. The molecule has 1 aliphatic rings. The highest BCUT2D eigenvalue weighted by Gasteiger charge is 2.36. The van der Waals surface area contributed by atoms with Gasteiger partial charge in [-0.25, -0.2) is 8.42 Å². The SMILES string of the molecule is COc1ccc(S(=O)(=O)N(CC(=O)O)c2cccc3c2CCN3C(C(N)=O)c2cccc(OC)c2)cc1. The summed E-state index contributed by atoms with van der Waals surface area (Å²) in [6.07, 6.45) is 0.382. The predicted molar refractivity (Wildman–Crippen MR) is 138 cm³/mol. The summed E-state index contributed by atoms with van der Waals surface area (Å²) >= 11 is 0. The minimum atomic E-state index is -4.24. The molecule has 1 aliphatic heterocycles. The number of carboxylic acid groups (broad SMARTS) is 1. The third-order valence-corrected chi connectivity index (χ3v) is 8.00. The van der Waals surface area contributed by atoms with Crippen LogP contribution in [0.2, 0.25) is 0 Å². The molecule has 1 amide bonds. The van der Waals surface area contributed by atoms with Gasteiger partial charge in [0.25, 0.3) is 10.0 Å². The zero-order valence-corrected chi connectivity index (χ0v) is 21.1. The summed E-state index contributed by atoms with van der Waals surface area (Å²) in [6.45, 7) is -0.402. The van der Waals surface area contributed by atoms with Gasteiger partial charge in [0.05, 0.1) is 24.8 Å². The molecule has 0 spiro atoms. The maximum atomic E-state index is 13.6. The van der Waals surface area contributed by atoms with Crippen molar-refractivity contribution in [2.75, 3.05) is 36.5 Å². The lowest BCUT2D eigenvalue weighted by Gasteiger charge is -2.29. The second-order valence-corrected chi connectivity index (χ2v) is 10.2. The topological polar surface area (TPSA) is 139 Å². The van der Waals surface area contributed by atoms with E-state index in [1.54, 1.807) is 47.4 Å². The number of rotatable bonds is 10. The Kier molecular flexibility index (Phi) is 7.25. The van der Waals surface area contributed by atoms with Crippen molar-refractivity contribution in [3.63, 3.8) is 0 Å². The van der Waals surface area contributed by atoms with Gasteiger partial charge in [-0.15, -0.1) is 0 Å². The van der Waals surface area contributed by atoms with Crippen LogP contribution in [0.1, 0.15) is 17.2 Å². The summed E-state index contributed by atoms with van der Waals surface area (Å²) in [4.78, 5) is 26.1. The maximum Gasteiger partial charge on any atom is 0.324 e. The van der Waals surface area contributed by atoms with E-state index in [2.05, 4.69) is 0 Å². The molecule has 4 rings (SSSR count). The standard InChI is InChI=1S/C26H27N3O7S/c1-35-18-9-11-20(12-10-18)37(33,34)29(16-24(30)31)23-8-4-7-22-21(23)13-14-28(22)25(26(27)32)17-5-3-6-19(15-17)36-2/h3-12,15,25H,13-14,16H2,1-2H3,(H2,27,32)(H,30,31). The lowest BCUT2D eigenvalue weighted by Crippen LogP contribution is -2.37. The third kappa shape index (κ3) is 5.03. The number of benzene rings is 3. The number of hydrogen-bond donors (Lipinski definition) is 2. The maximum absolute atomic E-state index is 13.6. The molecule has 0 aliphatic carbocycles. The summed E-state index contributed by atoms with van der Waals surface area (Å²) in [5, 5.41) is 9.59. The number of hydrogen-bond acceptors (Lipinski definition) is 7. The highest BCUT2D eigenvalue weighted by Crippen LogP contribution is 2.41. The van der Waals surface area contributed by atoms with Gasteiger partial charge in [0.1, 0.15) is 24.1 Å². The van der Waals surface area contributed by atoms with Crippen LogP contribution in [0.25, 0.3) is 0 Å². The zero-order valence-electron chi connectivity index (χ0n) is 20.3. The molecule has 0 bridgehead atoms. The smallest absolute Gasteiger partial charge is 0.324 e. The Morgan fingerprint density at radius 3 is 2.32 bits per heavy atom. The van der Waals surface area contributed by atoms with Crippen LogP contribution < -0.4 is 24.4 Å². The molecule has 194 valence electrons. The van der Waals surface area contributed by atoms with Gasteiger partial charge in [0, 0.05) is 17.8 Å². The van der Waals surface area contributed by atoms with Gasteiger partial charge in [0.2, 0.25) is 5.91 Å². The number of nitrogens with zero attached hydrogens (tertiary/aromatic N) is 2. The number of fused-ring (bicyclic) bond motifs is 1. The minimum Gasteiger partial charge on any atom is -0.497 e. The number of sulfonamides is 1. The number of nitrogens with two attached hydrogens (primary N) is 1. The molecule has 1 heterocycles. The minimum absolute atomic E-state index is 0.0756. The highest BCUT2D eigenvalue weighted by molar-refractivity contribution is 7.92. The number of methoxy groups -OCH3 is 2. The second kappa shape index (κ2) is 10.4. The van der Waals surface area contributed by atoms with Crippen molar-refractivity contribution >= 4 is 33.3 Å². The van der Waals surface area contributed by atoms with E-state index in [0.29, 0.717) is 41.3 Å². The van der Waals surface area contributed by atoms with Crippen LogP contribution in [0, 0.1) is 0 Å². The molecule has 3 aromatic rings. The Hall–Kier alpha value is -4.25. The van der Waals surface area contributed by atoms with E-state index in [0.717, 1.165) is 4.31 Å². The highest BCUT2D eigenvalue weighted by atomic mass is 32.2. The first-order chi connectivity index (χ1) is 17.7. The van der Waals surface area contributed by atoms with Crippen molar-refractivity contribution in [3.05, 3.63) is 77.9 Å². The van der Waals surface area contributed by atoms with Gasteiger partial charge in [0.15, 0.2) is 0 Å². The van der Waals surface area contributed by atoms with Crippen LogP contribution in [0.4, 0.5) is 11.4 Å². The largest absolute Gasteiger partial charge is 0.497 e. The second-order valence-electron chi connectivity index (χ2n) is 8.38. The Balaban J connectivity index is 1.79. The number of carbonyl (C=O) groups excluding carboxylic acids is 1. The Morgan fingerprint density at radius 1 is 1.03 bits per heavy atom. The summed E-state index contributed by atoms with van der Waals surface area (Å²) < 4.78 is 38.5. The summed E-state index contributed by atoms with van der Waals surface area (Å²) in [5.41, 5.74) is 7.87. The first kappa shape index (κ1) is 25.8. The van der Waals surface area contributed by atoms with Crippen LogP contribution in [0.3, 0.4) is 0 Å². The molecule has 0 aromatic heterocycles. The molecule has 0 saturated carbocycles. The van der Waals surface area contributed by atoms with Crippen LogP contribution in [-0.4, -0.2) is 52.7 Å². The van der Waals surface area contributed by atoms with Crippen molar-refractivity contribution in [3.8, 4) is 11.5 Å². The summed E-state index contributed by atoms with van der Waals surface area (Å²) in [5.74, 6) is -0.860. The fourth-order valence-electron chi connectivity index (χ4n) is 4.55. The van der Waals surface area contributed by atoms with Gasteiger partial charge in [-0.05, 0) is 60.5 Å². The first-order valence-electron chi connectivity index (χ1n) is 11.4. The van der Waals surface area contributed by atoms with Crippen LogP contribution in [-0.2, 0) is 26.0 Å². The van der Waals surface area contributed by atoms with Crippen molar-refractivity contribution < 1.29 is 32.6 Å². The zero-order chi connectivity index (χ0) is 26.7. The molecule has 3 aromatic carbocycles. The Morgan fingerprint density at radius 2 is 1.70 bits per heavy atom. The van der Waals surface area contributed by atoms with Crippen molar-refractivity contribution in [1.29, 1.82) is 0 Å². The first-order valence-corrected chi connectivity index (χ1v) is 12.8. The molecular weight excluding hydrogens is 498 g/mol. The van der Waals surface area contributed by atoms with Gasteiger partial charge in [-0.3, -0.25) is 13.9 Å². The summed E-state index contributed by atoms with van der Waals surface area (Å²) in [6, 6.07) is 16.9. The average Bonchev–Trinajstić information content (AvgIpc) is 3.31. The van der Waals surface area contributed by atoms with E-state index < -0.39 is 34.5 Å². The third-order valence-electron chi connectivity index (χ3n) is 6.22. The van der Waals surface area contributed by atoms with Gasteiger partial charge in [-0.2, -0.15) is 0 Å². The number of amides is 1. The van der Waals surface area contributed by atoms with Crippen LogP contribution >= 0.6 is 0 Å². The Labute approximate surface area is 214 Å². The quantitative estimate of drug-likeness (QED) is 0.412. The molecule has 10 nitrogen and oxygen atoms in total. The summed E-state index contributed by atoms with van der Waals surface area (Å²) in [7, 11) is -1.25. The number of ether oxygens (including phenoxy) is 2. The average molecular weight is 526 g/mol. The van der Waals surface area contributed by atoms with Gasteiger partial charge < -0.3 is 25.2 Å². The molecular formula is C26H27N3O7S. The number of primary amides is 1. The Bertz CT molecular complexity index is 1420. The fourth-order valence-corrected chi connectivity index (χ4v) is 5.99. The monoisotopic (exact) mass is 525 g/mol. The van der Waals surface area contributed by atoms with E-state index in [9.17, 15) is 23.1 Å². The normalized spacial score (nSPS) is 13.5.